The van der Waals surface area contributed by atoms with Gasteiger partial charge in [0.15, 0.2) is 0 Å². The molecule has 29 heavy (non-hydrogen) atoms. The number of nitrogens with one attached hydrogen (secondary N) is 2. The van der Waals surface area contributed by atoms with Crippen LogP contribution >= 0.6 is 0 Å². The molecule has 1 aromatic heterocycles. The first kappa shape index (κ1) is 18.1. The molecule has 2 fully saturated rings. The number of nitrogens with zero attached hydrogens (tertiary/aromatic N) is 2. The number of carbonyl (C=O) groups is 1. The normalized spacial score (nSPS) is 20.4. The zero-order valence-corrected chi connectivity index (χ0v) is 16.4. The zero-order chi connectivity index (χ0) is 19.6. The molecular formula is C24H26N4O. The average molecular weight is 386 g/mol. The van der Waals surface area contributed by atoms with E-state index in [1.165, 1.54) is 31.4 Å². The fourth-order valence-corrected chi connectivity index (χ4v) is 3.85. The van der Waals surface area contributed by atoms with Crippen LogP contribution in [0.25, 0.3) is 0 Å². The van der Waals surface area contributed by atoms with E-state index in [0.29, 0.717) is 24.1 Å². The molecule has 1 amide bonds. The lowest BCUT2D eigenvalue weighted by molar-refractivity contribution is 0.102. The number of benzene rings is 2. The highest BCUT2D eigenvalue weighted by Gasteiger charge is 2.38. The lowest BCUT2D eigenvalue weighted by Crippen LogP contribution is -2.20. The smallest absolute Gasteiger partial charge is 0.255 e. The minimum Gasteiger partial charge on any atom is -0.333 e. The molecule has 2 unspecified atom stereocenters. The minimum absolute atomic E-state index is 0.0828. The maximum absolute atomic E-state index is 12.7. The summed E-state index contributed by atoms with van der Waals surface area (Å²) in [5.41, 5.74) is 3.93. The molecule has 2 N–H and O–H groups in total. The number of anilines is 1. The van der Waals surface area contributed by atoms with Crippen molar-refractivity contribution in [3.8, 4) is 0 Å². The summed E-state index contributed by atoms with van der Waals surface area (Å²) in [4.78, 5) is 16.7. The molecule has 0 saturated heterocycles. The van der Waals surface area contributed by atoms with Gasteiger partial charge in [0.05, 0.1) is 6.33 Å². The highest BCUT2D eigenvalue weighted by Crippen LogP contribution is 2.41. The summed E-state index contributed by atoms with van der Waals surface area (Å²) in [6.07, 6.45) is 9.46. The molecule has 2 aliphatic carbocycles. The van der Waals surface area contributed by atoms with Gasteiger partial charge in [0.25, 0.3) is 5.91 Å². The van der Waals surface area contributed by atoms with Crippen molar-refractivity contribution in [1.82, 2.24) is 14.9 Å². The van der Waals surface area contributed by atoms with Gasteiger partial charge in [-0.3, -0.25) is 4.79 Å². The Balaban J connectivity index is 1.17. The summed E-state index contributed by atoms with van der Waals surface area (Å²) < 4.78 is 1.99. The number of aromatic nitrogens is 2. The molecule has 0 aliphatic heterocycles. The van der Waals surface area contributed by atoms with Crippen molar-refractivity contribution < 1.29 is 4.79 Å². The molecule has 5 nitrogen and oxygen atoms in total. The summed E-state index contributed by atoms with van der Waals surface area (Å²) in [5.74, 6) is 1.46. The Morgan fingerprint density at radius 1 is 1.14 bits per heavy atom. The molecule has 3 aromatic rings. The van der Waals surface area contributed by atoms with E-state index in [4.69, 9.17) is 0 Å². The topological polar surface area (TPSA) is 59.0 Å². The average Bonchev–Trinajstić information content (AvgIpc) is 3.66. The van der Waals surface area contributed by atoms with Crippen LogP contribution in [-0.4, -0.2) is 28.0 Å². The Bertz CT molecular complexity index is 976. The van der Waals surface area contributed by atoms with E-state index in [1.807, 2.05) is 47.2 Å². The number of carbonyl (C=O) groups excluding carboxylic acids is 1. The van der Waals surface area contributed by atoms with Gasteiger partial charge in [-0.15, -0.1) is 0 Å². The third-order valence-electron chi connectivity index (χ3n) is 5.87. The van der Waals surface area contributed by atoms with Gasteiger partial charge >= 0.3 is 0 Å². The van der Waals surface area contributed by atoms with E-state index in [0.717, 1.165) is 17.2 Å². The quantitative estimate of drug-likeness (QED) is 0.614. The van der Waals surface area contributed by atoms with E-state index in [1.54, 1.807) is 12.5 Å². The Hall–Kier alpha value is -2.92. The van der Waals surface area contributed by atoms with E-state index in [9.17, 15) is 4.79 Å². The first-order valence-electron chi connectivity index (χ1n) is 10.4. The van der Waals surface area contributed by atoms with Crippen molar-refractivity contribution in [1.29, 1.82) is 0 Å². The van der Waals surface area contributed by atoms with Crippen LogP contribution in [0.3, 0.4) is 0 Å². The van der Waals surface area contributed by atoms with Gasteiger partial charge in [-0.05, 0) is 67.1 Å². The van der Waals surface area contributed by atoms with Crippen molar-refractivity contribution in [2.24, 2.45) is 5.92 Å². The van der Waals surface area contributed by atoms with Gasteiger partial charge in [-0.25, -0.2) is 4.98 Å². The van der Waals surface area contributed by atoms with Crippen LogP contribution in [0.1, 0.15) is 46.7 Å². The molecule has 148 valence electrons. The predicted octanol–water partition coefficient (Wildman–Crippen LogP) is 4.04. The fourth-order valence-electron chi connectivity index (χ4n) is 3.85. The Morgan fingerprint density at radius 3 is 2.76 bits per heavy atom. The third kappa shape index (κ3) is 4.57. The number of amides is 1. The second-order valence-electron chi connectivity index (χ2n) is 8.31. The van der Waals surface area contributed by atoms with Crippen molar-refractivity contribution >= 4 is 11.6 Å². The van der Waals surface area contributed by atoms with Crippen LogP contribution in [0.2, 0.25) is 0 Å². The first-order valence-corrected chi connectivity index (χ1v) is 10.4. The fraction of sp³-hybridized carbons (Fsp3) is 0.333. The monoisotopic (exact) mass is 386 g/mol. The molecule has 5 heteroatoms. The molecule has 5 rings (SSSR count). The summed E-state index contributed by atoms with van der Waals surface area (Å²) in [6, 6.07) is 16.7. The molecule has 0 bridgehead atoms. The van der Waals surface area contributed by atoms with Gasteiger partial charge in [0.2, 0.25) is 0 Å². The van der Waals surface area contributed by atoms with Crippen LogP contribution in [0.15, 0.2) is 67.3 Å². The lowest BCUT2D eigenvalue weighted by atomic mass is 10.1. The molecule has 0 radical (unpaired) electrons. The van der Waals surface area contributed by atoms with Crippen molar-refractivity contribution in [2.75, 3.05) is 11.9 Å². The van der Waals surface area contributed by atoms with Crippen LogP contribution in [0.5, 0.6) is 0 Å². The zero-order valence-electron chi connectivity index (χ0n) is 16.4. The molecule has 1 heterocycles. The molecule has 2 aromatic carbocycles. The Morgan fingerprint density at radius 2 is 2.00 bits per heavy atom. The molecule has 2 saturated carbocycles. The predicted molar refractivity (Wildman–Crippen MR) is 114 cm³/mol. The minimum atomic E-state index is -0.0828. The van der Waals surface area contributed by atoms with Crippen LogP contribution in [0.4, 0.5) is 5.69 Å². The molecule has 0 spiro atoms. The Kier molecular flexibility index (Phi) is 4.90. The van der Waals surface area contributed by atoms with E-state index in [-0.39, 0.29) is 5.91 Å². The first-order chi connectivity index (χ1) is 14.2. The summed E-state index contributed by atoms with van der Waals surface area (Å²) in [6.45, 7) is 1.88. The standard InChI is InChI=1S/C24H26N4O/c29-24(20-3-1-2-18(12-20)15-28-11-10-25-16-28)27-21-8-6-19(7-9-21)22-13-23(22)26-14-17-4-5-17/h1-3,6-12,16-17,22-23,26H,4-5,13-15H2,(H,27,29). The van der Waals surface area contributed by atoms with Gasteiger partial charge in [-0.1, -0.05) is 24.3 Å². The second kappa shape index (κ2) is 7.84. The third-order valence-corrected chi connectivity index (χ3v) is 5.87. The number of imidazole rings is 1. The molecule has 2 aliphatic rings. The van der Waals surface area contributed by atoms with Crippen molar-refractivity contribution in [3.63, 3.8) is 0 Å². The van der Waals surface area contributed by atoms with E-state index in [2.05, 4.69) is 27.8 Å². The highest BCUT2D eigenvalue weighted by atomic mass is 16.1. The van der Waals surface area contributed by atoms with Crippen LogP contribution in [0, 0.1) is 5.92 Å². The van der Waals surface area contributed by atoms with Gasteiger partial charge in [0, 0.05) is 42.1 Å². The molecule has 2 atom stereocenters. The maximum Gasteiger partial charge on any atom is 0.255 e. The van der Waals surface area contributed by atoms with Gasteiger partial charge in [-0.2, -0.15) is 0 Å². The number of hydrogen-bond acceptors (Lipinski definition) is 3. The maximum atomic E-state index is 12.7. The number of rotatable bonds is 8. The lowest BCUT2D eigenvalue weighted by Gasteiger charge is -2.09. The summed E-state index contributed by atoms with van der Waals surface area (Å²) in [5, 5.41) is 6.70. The van der Waals surface area contributed by atoms with Crippen molar-refractivity contribution in [3.05, 3.63) is 83.9 Å². The SMILES string of the molecule is O=C(Nc1ccc(C2CC2NCC2CC2)cc1)c1cccc(Cn2ccnc2)c1. The van der Waals surface area contributed by atoms with E-state index >= 15 is 0 Å². The van der Waals surface area contributed by atoms with Crippen LogP contribution < -0.4 is 10.6 Å². The largest absolute Gasteiger partial charge is 0.333 e. The van der Waals surface area contributed by atoms with Gasteiger partial charge < -0.3 is 15.2 Å². The summed E-state index contributed by atoms with van der Waals surface area (Å²) >= 11 is 0. The van der Waals surface area contributed by atoms with Crippen molar-refractivity contribution in [2.45, 2.75) is 37.8 Å². The second-order valence-corrected chi connectivity index (χ2v) is 8.31. The van der Waals surface area contributed by atoms with E-state index < -0.39 is 0 Å². The van der Waals surface area contributed by atoms with Gasteiger partial charge in [0.1, 0.15) is 0 Å². The Labute approximate surface area is 171 Å². The molecular weight excluding hydrogens is 360 g/mol. The highest BCUT2D eigenvalue weighted by molar-refractivity contribution is 6.04. The number of hydrogen-bond donors (Lipinski definition) is 2. The van der Waals surface area contributed by atoms with Crippen LogP contribution in [-0.2, 0) is 6.54 Å². The summed E-state index contributed by atoms with van der Waals surface area (Å²) in [7, 11) is 0.